The largest absolute Gasteiger partial charge is 0.492 e. The Morgan fingerprint density at radius 2 is 1.73 bits per heavy atom. The lowest BCUT2D eigenvalue weighted by Crippen LogP contribution is -2.47. The molecule has 7 nitrogen and oxygen atoms in total. The van der Waals surface area contributed by atoms with Crippen LogP contribution in [0.15, 0.2) is 77.3 Å². The van der Waals surface area contributed by atoms with Crippen molar-refractivity contribution in [1.82, 2.24) is 15.1 Å². The van der Waals surface area contributed by atoms with Crippen LogP contribution >= 0.6 is 28.1 Å². The van der Waals surface area contributed by atoms with Gasteiger partial charge in [0.25, 0.3) is 11.8 Å². The summed E-state index contributed by atoms with van der Waals surface area (Å²) in [4.78, 5) is 30.0. The fourth-order valence-corrected chi connectivity index (χ4v) is 4.56. The van der Waals surface area contributed by atoms with E-state index in [9.17, 15) is 9.59 Å². The van der Waals surface area contributed by atoms with Crippen LogP contribution < -0.4 is 15.4 Å². The summed E-state index contributed by atoms with van der Waals surface area (Å²) in [6, 6.07) is 22.4. The number of carbonyl (C=O) groups excluding carboxylic acids is 2. The summed E-state index contributed by atoms with van der Waals surface area (Å²) in [7, 11) is 2.05. The fourth-order valence-electron chi connectivity index (χ4n) is 3.98. The molecule has 37 heavy (non-hydrogen) atoms. The number of likely N-dealkylation sites (N-methyl/N-ethyl adjacent to an activating group) is 1. The number of piperazine rings is 1. The molecule has 1 saturated heterocycles. The molecule has 0 aromatic heterocycles. The third-order valence-electron chi connectivity index (χ3n) is 6.06. The van der Waals surface area contributed by atoms with Crippen LogP contribution in [0, 0.1) is 0 Å². The molecule has 0 atom stereocenters. The molecular formula is C28H29BrN4O3S. The van der Waals surface area contributed by atoms with Crippen molar-refractivity contribution in [2.75, 3.05) is 45.2 Å². The Kier molecular flexibility index (Phi) is 9.27. The van der Waals surface area contributed by atoms with Crippen molar-refractivity contribution in [2.24, 2.45) is 0 Å². The molecule has 1 heterocycles. The first kappa shape index (κ1) is 26.8. The van der Waals surface area contributed by atoms with Gasteiger partial charge in [-0.2, -0.15) is 0 Å². The average Bonchev–Trinajstić information content (AvgIpc) is 2.90. The predicted octanol–water partition coefficient (Wildman–Crippen LogP) is 4.59. The quantitative estimate of drug-likeness (QED) is 0.398. The lowest BCUT2D eigenvalue weighted by Gasteiger charge is -2.32. The Labute approximate surface area is 230 Å². The summed E-state index contributed by atoms with van der Waals surface area (Å²) in [5, 5.41) is 5.86. The van der Waals surface area contributed by atoms with Gasteiger partial charge >= 0.3 is 0 Å². The number of ether oxygens (including phenoxy) is 1. The Balaban J connectivity index is 1.36. The molecule has 0 radical (unpaired) electrons. The van der Waals surface area contributed by atoms with Crippen molar-refractivity contribution in [2.45, 2.75) is 6.42 Å². The van der Waals surface area contributed by atoms with Crippen molar-refractivity contribution in [3.8, 4) is 5.75 Å². The van der Waals surface area contributed by atoms with E-state index in [0.29, 0.717) is 42.3 Å². The molecule has 0 bridgehead atoms. The molecule has 1 fully saturated rings. The minimum absolute atomic E-state index is 0.0156. The maximum absolute atomic E-state index is 13.1. The highest BCUT2D eigenvalue weighted by Crippen LogP contribution is 2.24. The van der Waals surface area contributed by atoms with Gasteiger partial charge in [0.2, 0.25) is 0 Å². The van der Waals surface area contributed by atoms with Crippen molar-refractivity contribution in [1.29, 1.82) is 0 Å². The maximum atomic E-state index is 13.1. The van der Waals surface area contributed by atoms with Crippen molar-refractivity contribution >= 4 is 50.8 Å². The SMILES string of the molecule is CN1CCN(C(=O)c2cccc(NC(=S)NC(=O)c3cc(Br)ccc3OCCc3ccccc3)c2)CC1. The first-order valence-corrected chi connectivity index (χ1v) is 13.3. The molecule has 9 heteroatoms. The second kappa shape index (κ2) is 12.8. The van der Waals surface area contributed by atoms with E-state index < -0.39 is 5.91 Å². The first-order valence-electron chi connectivity index (χ1n) is 12.1. The molecule has 0 unspecified atom stereocenters. The second-order valence-electron chi connectivity index (χ2n) is 8.81. The number of anilines is 1. The number of hydrogen-bond donors (Lipinski definition) is 2. The molecule has 0 saturated carbocycles. The summed E-state index contributed by atoms with van der Waals surface area (Å²) < 4.78 is 6.68. The van der Waals surface area contributed by atoms with Crippen LogP contribution in [-0.2, 0) is 6.42 Å². The van der Waals surface area contributed by atoms with Crippen LogP contribution in [-0.4, -0.2) is 66.6 Å². The minimum Gasteiger partial charge on any atom is -0.492 e. The van der Waals surface area contributed by atoms with Gasteiger partial charge in [-0.1, -0.05) is 52.3 Å². The zero-order valence-electron chi connectivity index (χ0n) is 20.6. The van der Waals surface area contributed by atoms with Crippen LogP contribution in [0.3, 0.4) is 0 Å². The third kappa shape index (κ3) is 7.61. The van der Waals surface area contributed by atoms with Gasteiger partial charge in [-0.15, -0.1) is 0 Å². The normalized spacial score (nSPS) is 13.6. The zero-order chi connectivity index (χ0) is 26.2. The molecule has 0 aliphatic carbocycles. The molecular weight excluding hydrogens is 552 g/mol. The third-order valence-corrected chi connectivity index (χ3v) is 6.76. The number of halogens is 1. The molecule has 1 aliphatic heterocycles. The first-order chi connectivity index (χ1) is 17.9. The smallest absolute Gasteiger partial charge is 0.261 e. The number of hydrogen-bond acceptors (Lipinski definition) is 5. The summed E-state index contributed by atoms with van der Waals surface area (Å²) in [5.41, 5.74) is 2.72. The number of nitrogens with one attached hydrogen (secondary N) is 2. The highest BCUT2D eigenvalue weighted by Gasteiger charge is 2.21. The number of nitrogens with zero attached hydrogens (tertiary/aromatic N) is 2. The number of benzene rings is 3. The fraction of sp³-hybridized carbons (Fsp3) is 0.250. The predicted molar refractivity (Wildman–Crippen MR) is 153 cm³/mol. The standard InChI is InChI=1S/C28H29BrN4O3S/c1-32-13-15-33(16-14-32)27(35)21-8-5-9-23(18-21)30-28(37)31-26(34)24-19-22(29)10-11-25(24)36-17-12-20-6-3-2-4-7-20/h2-11,18-19H,12-17H2,1H3,(H2,30,31,34,37). The van der Waals surface area contributed by atoms with Crippen LogP contribution in [0.25, 0.3) is 0 Å². The van der Waals surface area contributed by atoms with E-state index in [1.54, 1.807) is 36.4 Å². The number of amides is 2. The molecule has 3 aromatic rings. The summed E-state index contributed by atoms with van der Waals surface area (Å²) >= 11 is 8.81. The number of rotatable bonds is 7. The van der Waals surface area contributed by atoms with E-state index in [1.807, 2.05) is 41.3 Å². The van der Waals surface area contributed by atoms with E-state index >= 15 is 0 Å². The van der Waals surface area contributed by atoms with Gasteiger partial charge in [-0.25, -0.2) is 0 Å². The van der Waals surface area contributed by atoms with Crippen LogP contribution in [0.4, 0.5) is 5.69 Å². The maximum Gasteiger partial charge on any atom is 0.261 e. The van der Waals surface area contributed by atoms with Gasteiger partial charge in [0, 0.05) is 48.3 Å². The van der Waals surface area contributed by atoms with Gasteiger partial charge in [0.15, 0.2) is 5.11 Å². The van der Waals surface area contributed by atoms with E-state index in [-0.39, 0.29) is 11.0 Å². The van der Waals surface area contributed by atoms with Gasteiger partial charge < -0.3 is 19.9 Å². The highest BCUT2D eigenvalue weighted by molar-refractivity contribution is 9.10. The highest BCUT2D eigenvalue weighted by atomic mass is 79.9. The summed E-state index contributed by atoms with van der Waals surface area (Å²) in [6.07, 6.45) is 0.723. The van der Waals surface area contributed by atoms with E-state index in [1.165, 1.54) is 0 Å². The van der Waals surface area contributed by atoms with Gasteiger partial charge in [0.05, 0.1) is 12.2 Å². The average molecular weight is 582 g/mol. The van der Waals surface area contributed by atoms with E-state index in [4.69, 9.17) is 17.0 Å². The van der Waals surface area contributed by atoms with Gasteiger partial charge in [-0.05, 0) is 61.2 Å². The van der Waals surface area contributed by atoms with Crippen molar-refractivity contribution in [3.05, 3.63) is 94.0 Å². The van der Waals surface area contributed by atoms with Gasteiger partial charge in [0.1, 0.15) is 5.75 Å². The minimum atomic E-state index is -0.391. The topological polar surface area (TPSA) is 73.9 Å². The molecule has 3 aromatic carbocycles. The molecule has 0 spiro atoms. The lowest BCUT2D eigenvalue weighted by atomic mass is 10.1. The van der Waals surface area contributed by atoms with E-state index in [0.717, 1.165) is 29.5 Å². The zero-order valence-corrected chi connectivity index (χ0v) is 23.0. The molecule has 2 amide bonds. The summed E-state index contributed by atoms with van der Waals surface area (Å²) in [5.74, 6) is 0.0653. The molecule has 2 N–H and O–H groups in total. The molecule has 4 rings (SSSR count). The Hall–Kier alpha value is -3.27. The molecule has 192 valence electrons. The number of carbonyl (C=O) groups is 2. The monoisotopic (exact) mass is 580 g/mol. The second-order valence-corrected chi connectivity index (χ2v) is 10.1. The van der Waals surface area contributed by atoms with Crippen molar-refractivity contribution in [3.63, 3.8) is 0 Å². The van der Waals surface area contributed by atoms with Crippen LogP contribution in [0.2, 0.25) is 0 Å². The van der Waals surface area contributed by atoms with E-state index in [2.05, 4.69) is 38.5 Å². The Morgan fingerprint density at radius 1 is 0.973 bits per heavy atom. The van der Waals surface area contributed by atoms with Crippen molar-refractivity contribution < 1.29 is 14.3 Å². The summed E-state index contributed by atoms with van der Waals surface area (Å²) in [6.45, 7) is 3.54. The van der Waals surface area contributed by atoms with Crippen LogP contribution in [0.1, 0.15) is 26.3 Å². The number of thiocarbonyl (C=S) groups is 1. The Bertz CT molecular complexity index is 1260. The van der Waals surface area contributed by atoms with Crippen LogP contribution in [0.5, 0.6) is 5.75 Å². The Morgan fingerprint density at radius 3 is 2.49 bits per heavy atom. The van der Waals surface area contributed by atoms with Gasteiger partial charge in [-0.3, -0.25) is 14.9 Å². The molecule has 1 aliphatic rings. The lowest BCUT2D eigenvalue weighted by molar-refractivity contribution is 0.0664.